The van der Waals surface area contributed by atoms with Gasteiger partial charge < -0.3 is 14.8 Å². The molecule has 0 bridgehead atoms. The van der Waals surface area contributed by atoms with Crippen LogP contribution in [0.2, 0.25) is 0 Å². The summed E-state index contributed by atoms with van der Waals surface area (Å²) in [6, 6.07) is 6.27. The van der Waals surface area contributed by atoms with Crippen LogP contribution in [0.1, 0.15) is 18.4 Å². The van der Waals surface area contributed by atoms with Gasteiger partial charge in [0.15, 0.2) is 0 Å². The Balaban J connectivity index is 2.03. The zero-order valence-corrected chi connectivity index (χ0v) is 11.4. The maximum atomic E-state index is 5.36. The number of methoxy groups -OCH3 is 2. The molecule has 19 heavy (non-hydrogen) atoms. The third-order valence-corrected chi connectivity index (χ3v) is 4.12. The van der Waals surface area contributed by atoms with Gasteiger partial charge in [0.2, 0.25) is 0 Å². The van der Waals surface area contributed by atoms with Crippen LogP contribution in [0, 0.1) is 0 Å². The van der Waals surface area contributed by atoms with E-state index < -0.39 is 0 Å². The molecular formula is C16H19NO2. The lowest BCUT2D eigenvalue weighted by Gasteiger charge is -2.38. The van der Waals surface area contributed by atoms with Crippen molar-refractivity contribution in [2.75, 3.05) is 26.1 Å². The Morgan fingerprint density at radius 2 is 2.11 bits per heavy atom. The number of fused-ring (bicyclic) bond motifs is 2. The molecule has 1 aromatic carbocycles. The zero-order valence-electron chi connectivity index (χ0n) is 11.4. The standard InChI is InChI=1S/C16H19NO2/c1-18-12-5-7-16(8-6-12)9-10-17-15-4-3-13(19-2)11-14(15)16/h3-7,11,17H,8-10H2,1-2H3. The highest BCUT2D eigenvalue weighted by Crippen LogP contribution is 2.44. The molecule has 0 amide bonds. The Morgan fingerprint density at radius 3 is 2.79 bits per heavy atom. The summed E-state index contributed by atoms with van der Waals surface area (Å²) in [6.07, 6.45) is 8.61. The van der Waals surface area contributed by atoms with Crippen LogP contribution in [-0.4, -0.2) is 20.8 Å². The SMILES string of the molecule is COC1=CCC2(C=C1)CCNc1ccc(OC)cc12. The average Bonchev–Trinajstić information content (AvgIpc) is 2.48. The first kappa shape index (κ1) is 12.2. The monoisotopic (exact) mass is 257 g/mol. The first-order chi connectivity index (χ1) is 9.27. The van der Waals surface area contributed by atoms with Crippen LogP contribution in [0.5, 0.6) is 5.75 Å². The van der Waals surface area contributed by atoms with Crippen molar-refractivity contribution >= 4 is 5.69 Å². The molecule has 3 nitrogen and oxygen atoms in total. The lowest BCUT2D eigenvalue weighted by molar-refractivity contribution is 0.298. The van der Waals surface area contributed by atoms with Crippen LogP contribution in [-0.2, 0) is 10.2 Å². The van der Waals surface area contributed by atoms with E-state index in [2.05, 4.69) is 35.7 Å². The minimum atomic E-state index is 0.0805. The predicted molar refractivity (Wildman–Crippen MR) is 76.6 cm³/mol. The van der Waals surface area contributed by atoms with E-state index in [1.807, 2.05) is 6.07 Å². The minimum Gasteiger partial charge on any atom is -0.497 e. The molecule has 1 spiro atoms. The number of anilines is 1. The summed E-state index contributed by atoms with van der Waals surface area (Å²) < 4.78 is 10.7. The Bertz CT molecular complexity index is 548. The second-order valence-electron chi connectivity index (χ2n) is 5.09. The number of allylic oxidation sites excluding steroid dienone is 3. The third kappa shape index (κ3) is 1.99. The molecule has 1 unspecified atom stereocenters. The first-order valence-electron chi connectivity index (χ1n) is 6.63. The molecule has 3 heteroatoms. The van der Waals surface area contributed by atoms with Crippen LogP contribution in [0.15, 0.2) is 42.2 Å². The molecule has 1 N–H and O–H groups in total. The van der Waals surface area contributed by atoms with E-state index in [9.17, 15) is 0 Å². The largest absolute Gasteiger partial charge is 0.497 e. The molecule has 0 saturated carbocycles. The van der Waals surface area contributed by atoms with Gasteiger partial charge in [0.25, 0.3) is 0 Å². The first-order valence-corrected chi connectivity index (χ1v) is 6.63. The zero-order chi connectivity index (χ0) is 13.3. The number of hydrogen-bond acceptors (Lipinski definition) is 3. The molecule has 1 aliphatic carbocycles. The summed E-state index contributed by atoms with van der Waals surface area (Å²) in [5.74, 6) is 1.87. The molecule has 100 valence electrons. The molecule has 0 aromatic heterocycles. The molecule has 0 fully saturated rings. The van der Waals surface area contributed by atoms with E-state index >= 15 is 0 Å². The summed E-state index contributed by atoms with van der Waals surface area (Å²) in [7, 11) is 3.43. The Hall–Kier alpha value is -1.90. The van der Waals surface area contributed by atoms with E-state index in [0.717, 1.165) is 30.9 Å². The summed E-state index contributed by atoms with van der Waals surface area (Å²) >= 11 is 0. The Kier molecular flexibility index (Phi) is 2.97. The van der Waals surface area contributed by atoms with Crippen LogP contribution in [0.25, 0.3) is 0 Å². The van der Waals surface area contributed by atoms with E-state index in [0.29, 0.717) is 0 Å². The lowest BCUT2D eigenvalue weighted by atomic mass is 9.70. The molecule has 1 heterocycles. The van der Waals surface area contributed by atoms with Crippen molar-refractivity contribution in [3.63, 3.8) is 0 Å². The van der Waals surface area contributed by atoms with Gasteiger partial charge in [0.05, 0.1) is 14.2 Å². The fourth-order valence-corrected chi connectivity index (χ4v) is 2.97. The van der Waals surface area contributed by atoms with Gasteiger partial charge in [-0.15, -0.1) is 0 Å². The van der Waals surface area contributed by atoms with Crippen LogP contribution >= 0.6 is 0 Å². The average molecular weight is 257 g/mol. The van der Waals surface area contributed by atoms with Gasteiger partial charge in [-0.05, 0) is 48.8 Å². The fourth-order valence-electron chi connectivity index (χ4n) is 2.97. The topological polar surface area (TPSA) is 30.5 Å². The van der Waals surface area contributed by atoms with Gasteiger partial charge in [0.1, 0.15) is 11.5 Å². The maximum Gasteiger partial charge on any atom is 0.119 e. The maximum absolute atomic E-state index is 5.36. The van der Waals surface area contributed by atoms with E-state index in [-0.39, 0.29) is 5.41 Å². The minimum absolute atomic E-state index is 0.0805. The lowest BCUT2D eigenvalue weighted by Crippen LogP contribution is -2.33. The normalized spacial score (nSPS) is 24.4. The van der Waals surface area contributed by atoms with Crippen molar-refractivity contribution in [1.82, 2.24) is 0 Å². The van der Waals surface area contributed by atoms with Crippen molar-refractivity contribution in [3.8, 4) is 5.75 Å². The predicted octanol–water partition coefficient (Wildman–Crippen LogP) is 3.24. The van der Waals surface area contributed by atoms with Crippen molar-refractivity contribution < 1.29 is 9.47 Å². The van der Waals surface area contributed by atoms with Crippen LogP contribution in [0.4, 0.5) is 5.69 Å². The molecule has 0 saturated heterocycles. The van der Waals surface area contributed by atoms with Crippen molar-refractivity contribution in [2.24, 2.45) is 0 Å². The summed E-state index contributed by atoms with van der Waals surface area (Å²) in [5.41, 5.74) is 2.61. The second kappa shape index (κ2) is 4.65. The quantitative estimate of drug-likeness (QED) is 0.882. The van der Waals surface area contributed by atoms with Crippen molar-refractivity contribution in [3.05, 3.63) is 47.7 Å². The van der Waals surface area contributed by atoms with Gasteiger partial charge >= 0.3 is 0 Å². The molecule has 0 radical (unpaired) electrons. The Morgan fingerprint density at radius 1 is 1.21 bits per heavy atom. The second-order valence-corrected chi connectivity index (χ2v) is 5.09. The van der Waals surface area contributed by atoms with Gasteiger partial charge in [-0.1, -0.05) is 6.08 Å². The van der Waals surface area contributed by atoms with E-state index in [1.165, 1.54) is 11.3 Å². The molecule has 1 aliphatic heterocycles. The highest BCUT2D eigenvalue weighted by Gasteiger charge is 2.35. The number of rotatable bonds is 2. The summed E-state index contributed by atoms with van der Waals surface area (Å²) in [5, 5.41) is 3.47. The van der Waals surface area contributed by atoms with Crippen LogP contribution in [0.3, 0.4) is 0 Å². The van der Waals surface area contributed by atoms with Crippen LogP contribution < -0.4 is 10.1 Å². The van der Waals surface area contributed by atoms with Gasteiger partial charge in [-0.2, -0.15) is 0 Å². The highest BCUT2D eigenvalue weighted by molar-refractivity contribution is 5.62. The molecule has 1 aromatic rings. The van der Waals surface area contributed by atoms with Gasteiger partial charge in [0, 0.05) is 17.6 Å². The number of hydrogen-bond donors (Lipinski definition) is 1. The number of nitrogens with one attached hydrogen (secondary N) is 1. The summed E-state index contributed by atoms with van der Waals surface area (Å²) in [4.78, 5) is 0. The fraction of sp³-hybridized carbons (Fsp3) is 0.375. The van der Waals surface area contributed by atoms with Crippen molar-refractivity contribution in [1.29, 1.82) is 0 Å². The molecule has 2 aliphatic rings. The highest BCUT2D eigenvalue weighted by atomic mass is 16.5. The van der Waals surface area contributed by atoms with E-state index in [1.54, 1.807) is 14.2 Å². The van der Waals surface area contributed by atoms with Gasteiger partial charge in [-0.25, -0.2) is 0 Å². The number of benzene rings is 1. The molecular weight excluding hydrogens is 238 g/mol. The van der Waals surface area contributed by atoms with Crippen molar-refractivity contribution in [2.45, 2.75) is 18.3 Å². The third-order valence-electron chi connectivity index (χ3n) is 4.12. The molecule has 3 rings (SSSR count). The Labute approximate surface area is 113 Å². The number of ether oxygens (including phenoxy) is 2. The van der Waals surface area contributed by atoms with Gasteiger partial charge in [-0.3, -0.25) is 0 Å². The summed E-state index contributed by atoms with van der Waals surface area (Å²) in [6.45, 7) is 1.000. The smallest absolute Gasteiger partial charge is 0.119 e. The molecule has 1 atom stereocenters. The van der Waals surface area contributed by atoms with E-state index in [4.69, 9.17) is 9.47 Å².